The number of esters is 1. The van der Waals surface area contributed by atoms with Gasteiger partial charge in [0.05, 0.1) is 35.1 Å². The zero-order valence-electron chi connectivity index (χ0n) is 22.3. The smallest absolute Gasteiger partial charge is 0.338 e. The number of fused-ring (bicyclic) bond motifs is 2. The summed E-state index contributed by atoms with van der Waals surface area (Å²) in [5.41, 5.74) is 4.78. The van der Waals surface area contributed by atoms with Crippen molar-refractivity contribution in [1.82, 2.24) is 9.13 Å². The van der Waals surface area contributed by atoms with Crippen LogP contribution in [0.4, 0.5) is 0 Å². The molecule has 38 heavy (non-hydrogen) atoms. The van der Waals surface area contributed by atoms with Crippen molar-refractivity contribution < 1.29 is 14.3 Å². The maximum atomic E-state index is 14.0. The molecule has 0 bridgehead atoms. The van der Waals surface area contributed by atoms with Crippen LogP contribution in [0.1, 0.15) is 50.6 Å². The molecule has 0 unspecified atom stereocenters. The highest BCUT2D eigenvalue weighted by atomic mass is 32.1. The number of aryl methyl sites for hydroxylation is 1. The van der Waals surface area contributed by atoms with E-state index in [1.165, 1.54) is 11.3 Å². The normalized spacial score (nSPS) is 15.5. The summed E-state index contributed by atoms with van der Waals surface area (Å²) in [6.07, 6.45) is 1.96. The highest BCUT2D eigenvalue weighted by molar-refractivity contribution is 7.07. The van der Waals surface area contributed by atoms with Gasteiger partial charge in [-0.1, -0.05) is 41.7 Å². The average Bonchev–Trinajstić information content (AvgIpc) is 3.36. The van der Waals surface area contributed by atoms with E-state index in [1.54, 1.807) is 18.4 Å². The molecule has 4 aromatic rings. The standard InChI is InChI=1S/C30H31N3O4S/c1-6-32-19(5)23(22-11-9-10-12-24(22)32)17-25-28(34)33-27(20-13-15-21(16-14-20)36-7-2)26(29(35)37-8-3)18(4)31-30(33)38-25/h9-17,27H,6-8H2,1-5H3/b25-17-/t27-/m1/s1. The van der Waals surface area contributed by atoms with Crippen LogP contribution in [-0.4, -0.2) is 28.3 Å². The second-order valence-corrected chi connectivity index (χ2v) is 10.1. The van der Waals surface area contributed by atoms with Crippen molar-refractivity contribution in [2.75, 3.05) is 13.2 Å². The van der Waals surface area contributed by atoms with E-state index in [0.717, 1.165) is 40.0 Å². The van der Waals surface area contributed by atoms with Crippen molar-refractivity contribution in [2.45, 2.75) is 47.2 Å². The summed E-state index contributed by atoms with van der Waals surface area (Å²) >= 11 is 1.34. The predicted octanol–water partition coefficient (Wildman–Crippen LogP) is 4.48. The second-order valence-electron chi connectivity index (χ2n) is 9.06. The van der Waals surface area contributed by atoms with Crippen molar-refractivity contribution in [3.63, 3.8) is 0 Å². The summed E-state index contributed by atoms with van der Waals surface area (Å²) in [5.74, 6) is 0.258. The zero-order chi connectivity index (χ0) is 27.0. The Morgan fingerprint density at radius 2 is 1.79 bits per heavy atom. The lowest BCUT2D eigenvalue weighted by Crippen LogP contribution is -2.39. The van der Waals surface area contributed by atoms with Gasteiger partial charge in [-0.05, 0) is 64.5 Å². The summed E-state index contributed by atoms with van der Waals surface area (Å²) < 4.78 is 15.5. The van der Waals surface area contributed by atoms with Gasteiger partial charge < -0.3 is 14.0 Å². The number of allylic oxidation sites excluding steroid dienone is 1. The molecule has 1 aliphatic heterocycles. The van der Waals surface area contributed by atoms with Crippen molar-refractivity contribution in [2.24, 2.45) is 4.99 Å². The molecule has 0 amide bonds. The van der Waals surface area contributed by atoms with Gasteiger partial charge in [0.1, 0.15) is 5.75 Å². The number of nitrogens with zero attached hydrogens (tertiary/aromatic N) is 3. The molecule has 0 radical (unpaired) electrons. The Hall–Kier alpha value is -3.91. The Kier molecular flexibility index (Phi) is 7.08. The molecule has 8 heteroatoms. The summed E-state index contributed by atoms with van der Waals surface area (Å²) in [4.78, 5) is 32.4. The molecule has 5 rings (SSSR count). The number of hydrogen-bond donors (Lipinski definition) is 0. The summed E-state index contributed by atoms with van der Waals surface area (Å²) in [6.45, 7) is 11.3. The minimum atomic E-state index is -0.652. The quantitative estimate of drug-likeness (QED) is 0.331. The molecule has 2 aromatic carbocycles. The Morgan fingerprint density at radius 3 is 2.47 bits per heavy atom. The number of ether oxygens (including phenoxy) is 2. The van der Waals surface area contributed by atoms with Crippen LogP contribution in [0.3, 0.4) is 0 Å². The number of para-hydroxylation sites is 1. The van der Waals surface area contributed by atoms with Gasteiger partial charge in [0.15, 0.2) is 4.80 Å². The topological polar surface area (TPSA) is 74.8 Å². The van der Waals surface area contributed by atoms with E-state index in [4.69, 9.17) is 14.5 Å². The van der Waals surface area contributed by atoms with Crippen LogP contribution in [0.5, 0.6) is 5.75 Å². The van der Waals surface area contributed by atoms with Gasteiger partial charge in [-0.15, -0.1) is 0 Å². The third-order valence-electron chi connectivity index (χ3n) is 6.90. The summed E-state index contributed by atoms with van der Waals surface area (Å²) in [7, 11) is 0. The lowest BCUT2D eigenvalue weighted by Gasteiger charge is -2.24. The Labute approximate surface area is 225 Å². The fraction of sp³-hybridized carbons (Fsp3) is 0.300. The van der Waals surface area contributed by atoms with Gasteiger partial charge in [-0.25, -0.2) is 9.79 Å². The van der Waals surface area contributed by atoms with Gasteiger partial charge in [-0.2, -0.15) is 0 Å². The number of rotatable bonds is 7. The molecule has 0 saturated heterocycles. The minimum Gasteiger partial charge on any atom is -0.494 e. The van der Waals surface area contributed by atoms with Gasteiger partial charge in [-0.3, -0.25) is 9.36 Å². The van der Waals surface area contributed by atoms with E-state index >= 15 is 0 Å². The minimum absolute atomic E-state index is 0.185. The highest BCUT2D eigenvalue weighted by Gasteiger charge is 2.33. The van der Waals surface area contributed by atoms with Crippen molar-refractivity contribution >= 4 is 34.3 Å². The number of hydrogen-bond acceptors (Lipinski definition) is 6. The molecular formula is C30H31N3O4S. The third-order valence-corrected chi connectivity index (χ3v) is 7.88. The monoisotopic (exact) mass is 529 g/mol. The number of aromatic nitrogens is 2. The molecule has 0 saturated carbocycles. The Bertz CT molecular complexity index is 1740. The van der Waals surface area contributed by atoms with Gasteiger partial charge in [0, 0.05) is 28.7 Å². The SMILES string of the molecule is CCOC(=O)C1=C(C)N=c2s/c(=C\c3c(C)n(CC)c4ccccc34)c(=O)n2[C@@H]1c1ccc(OCC)cc1. The van der Waals surface area contributed by atoms with E-state index in [2.05, 4.69) is 30.5 Å². The van der Waals surface area contributed by atoms with E-state index in [-0.39, 0.29) is 12.2 Å². The maximum absolute atomic E-state index is 14.0. The lowest BCUT2D eigenvalue weighted by atomic mass is 9.96. The van der Waals surface area contributed by atoms with Crippen LogP contribution >= 0.6 is 11.3 Å². The number of benzene rings is 2. The van der Waals surface area contributed by atoms with Crippen LogP contribution in [0.15, 0.2) is 69.6 Å². The van der Waals surface area contributed by atoms with Crippen LogP contribution in [0, 0.1) is 6.92 Å². The first-order valence-corrected chi connectivity index (χ1v) is 13.7. The van der Waals surface area contributed by atoms with E-state index in [9.17, 15) is 9.59 Å². The molecule has 0 N–H and O–H groups in total. The van der Waals surface area contributed by atoms with Gasteiger partial charge >= 0.3 is 5.97 Å². The summed E-state index contributed by atoms with van der Waals surface area (Å²) in [6, 6.07) is 15.1. The molecule has 0 spiro atoms. The Balaban J connectivity index is 1.74. The van der Waals surface area contributed by atoms with Crippen molar-refractivity contribution in [1.29, 1.82) is 0 Å². The first-order chi connectivity index (χ1) is 18.4. The molecular weight excluding hydrogens is 498 g/mol. The lowest BCUT2D eigenvalue weighted by molar-refractivity contribution is -0.139. The van der Waals surface area contributed by atoms with Crippen LogP contribution < -0.4 is 19.6 Å². The maximum Gasteiger partial charge on any atom is 0.338 e. The first-order valence-electron chi connectivity index (χ1n) is 12.9. The number of thiazole rings is 1. The molecule has 7 nitrogen and oxygen atoms in total. The average molecular weight is 530 g/mol. The van der Waals surface area contributed by atoms with Crippen LogP contribution in [0.25, 0.3) is 17.0 Å². The fourth-order valence-corrected chi connectivity index (χ4v) is 6.23. The Morgan fingerprint density at radius 1 is 1.05 bits per heavy atom. The highest BCUT2D eigenvalue weighted by Crippen LogP contribution is 2.32. The van der Waals surface area contributed by atoms with E-state index in [0.29, 0.717) is 27.2 Å². The largest absolute Gasteiger partial charge is 0.494 e. The van der Waals surface area contributed by atoms with Gasteiger partial charge in [0.2, 0.25) is 0 Å². The molecule has 1 atom stereocenters. The summed E-state index contributed by atoms with van der Waals surface area (Å²) in [5, 5.41) is 1.10. The van der Waals surface area contributed by atoms with Gasteiger partial charge in [0.25, 0.3) is 5.56 Å². The van der Waals surface area contributed by atoms with Crippen LogP contribution in [0.2, 0.25) is 0 Å². The molecule has 0 aliphatic carbocycles. The van der Waals surface area contributed by atoms with E-state index < -0.39 is 12.0 Å². The van der Waals surface area contributed by atoms with Crippen molar-refractivity contribution in [3.8, 4) is 5.75 Å². The molecule has 196 valence electrons. The van der Waals surface area contributed by atoms with E-state index in [1.807, 2.05) is 49.4 Å². The second kappa shape index (κ2) is 10.5. The number of carbonyl (C=O) groups excluding carboxylic acids is 1. The fourth-order valence-electron chi connectivity index (χ4n) is 5.20. The molecule has 0 fully saturated rings. The third kappa shape index (κ3) is 4.28. The molecule has 2 aromatic heterocycles. The van der Waals surface area contributed by atoms with Crippen LogP contribution in [-0.2, 0) is 16.1 Å². The zero-order valence-corrected chi connectivity index (χ0v) is 23.1. The predicted molar refractivity (Wildman–Crippen MR) is 150 cm³/mol. The molecule has 1 aliphatic rings. The van der Waals surface area contributed by atoms with Crippen molar-refractivity contribution in [3.05, 3.63) is 96.3 Å². The number of carbonyl (C=O) groups is 1. The molecule has 3 heterocycles. The first kappa shape index (κ1) is 25.7.